The molecule has 0 aromatic heterocycles. The number of likely N-dealkylation sites (N-methyl/N-ethyl adjacent to an activating group) is 1. The van der Waals surface area contributed by atoms with Gasteiger partial charge in [-0.2, -0.15) is 0 Å². The van der Waals surface area contributed by atoms with Gasteiger partial charge >= 0.3 is 0 Å². The first-order valence-corrected chi connectivity index (χ1v) is 8.43. The summed E-state index contributed by atoms with van der Waals surface area (Å²) in [6, 6.07) is 10.1. The van der Waals surface area contributed by atoms with Crippen LogP contribution in [0.5, 0.6) is 0 Å². The highest BCUT2D eigenvalue weighted by Crippen LogP contribution is 2.24. The Morgan fingerprint density at radius 1 is 1.31 bits per heavy atom. The summed E-state index contributed by atoms with van der Waals surface area (Å²) >= 11 is 0. The Labute approximate surface area is 154 Å². The van der Waals surface area contributed by atoms with E-state index in [4.69, 9.17) is 5.11 Å². The fourth-order valence-corrected chi connectivity index (χ4v) is 2.32. The van der Waals surface area contributed by atoms with Crippen LogP contribution in [0.25, 0.3) is 0 Å². The molecule has 0 atom stereocenters. The molecule has 0 radical (unpaired) electrons. The largest absolute Gasteiger partial charge is 0.396 e. The molecule has 26 heavy (non-hydrogen) atoms. The summed E-state index contributed by atoms with van der Waals surface area (Å²) < 4.78 is 0. The van der Waals surface area contributed by atoms with Crippen molar-refractivity contribution >= 4 is 12.3 Å². The Balaban J connectivity index is 0.000000412. The van der Waals surface area contributed by atoms with Gasteiger partial charge in [0.05, 0.1) is 5.57 Å². The van der Waals surface area contributed by atoms with Crippen LogP contribution in [-0.2, 0) is 16.1 Å². The van der Waals surface area contributed by atoms with Crippen LogP contribution in [-0.4, -0.2) is 42.5 Å². The van der Waals surface area contributed by atoms with Crippen molar-refractivity contribution in [3.8, 4) is 0 Å². The van der Waals surface area contributed by atoms with Crippen molar-refractivity contribution in [2.75, 3.05) is 20.2 Å². The van der Waals surface area contributed by atoms with E-state index in [1.165, 1.54) is 5.56 Å². The number of aliphatic hydroxyl groups is 1. The number of hydrogen-bond donors (Lipinski definition) is 3. The third-order valence-corrected chi connectivity index (χ3v) is 3.62. The molecule has 3 N–H and O–H groups in total. The lowest BCUT2D eigenvalue weighted by Crippen LogP contribution is -2.28. The van der Waals surface area contributed by atoms with Crippen molar-refractivity contribution in [3.05, 3.63) is 71.6 Å². The van der Waals surface area contributed by atoms with Crippen molar-refractivity contribution < 1.29 is 14.7 Å². The molecule has 0 aliphatic carbocycles. The van der Waals surface area contributed by atoms with E-state index in [-0.39, 0.29) is 12.5 Å². The maximum absolute atomic E-state index is 11.8. The van der Waals surface area contributed by atoms with E-state index in [0.717, 1.165) is 11.3 Å². The second-order valence-corrected chi connectivity index (χ2v) is 5.72. The highest BCUT2D eigenvalue weighted by atomic mass is 16.3. The number of carbonyl (C=O) groups excluding carboxylic acids is 2. The Bertz CT molecular complexity index is 666. The van der Waals surface area contributed by atoms with E-state index in [2.05, 4.69) is 29.3 Å². The molecular weight excluding hydrogens is 330 g/mol. The summed E-state index contributed by atoms with van der Waals surface area (Å²) in [5.41, 5.74) is 3.58. The zero-order valence-electron chi connectivity index (χ0n) is 15.4. The average molecular weight is 357 g/mol. The molecule has 0 unspecified atom stereocenters. The number of carbonyl (C=O) groups is 2. The van der Waals surface area contributed by atoms with Gasteiger partial charge in [-0.25, -0.2) is 0 Å². The van der Waals surface area contributed by atoms with Crippen LogP contribution in [0.2, 0.25) is 0 Å². The van der Waals surface area contributed by atoms with Gasteiger partial charge in [-0.3, -0.25) is 9.59 Å². The maximum atomic E-state index is 11.8. The highest BCUT2D eigenvalue weighted by Gasteiger charge is 2.20. The number of nitrogens with zero attached hydrogens (tertiary/aromatic N) is 1. The summed E-state index contributed by atoms with van der Waals surface area (Å²) in [7, 11) is 1.63. The Hall–Kier alpha value is -2.86. The summed E-state index contributed by atoms with van der Waals surface area (Å²) in [5, 5.41) is 13.2. The van der Waals surface area contributed by atoms with E-state index in [1.807, 2.05) is 42.3 Å². The molecule has 2 rings (SSSR count). The minimum atomic E-state index is -0.101. The van der Waals surface area contributed by atoms with Gasteiger partial charge in [-0.15, -0.1) is 0 Å². The molecule has 1 heterocycles. The smallest absolute Gasteiger partial charge is 0.253 e. The molecule has 0 saturated carbocycles. The van der Waals surface area contributed by atoms with Crippen molar-refractivity contribution in [1.82, 2.24) is 15.5 Å². The molecule has 0 saturated heterocycles. The molecule has 1 aromatic rings. The summed E-state index contributed by atoms with van der Waals surface area (Å²) in [4.78, 5) is 23.3. The lowest BCUT2D eigenvalue weighted by Gasteiger charge is -2.28. The van der Waals surface area contributed by atoms with Crippen LogP contribution in [0.4, 0.5) is 0 Å². The van der Waals surface area contributed by atoms with Gasteiger partial charge in [0.2, 0.25) is 6.41 Å². The number of rotatable bonds is 7. The number of amides is 2. The molecule has 6 heteroatoms. The van der Waals surface area contributed by atoms with Crippen molar-refractivity contribution in [2.24, 2.45) is 0 Å². The summed E-state index contributed by atoms with van der Waals surface area (Å²) in [6.45, 7) is 7.43. The molecule has 6 nitrogen and oxygen atoms in total. The number of allylic oxidation sites excluding steroid dienone is 2. The number of nitrogens with one attached hydrogen (secondary N) is 2. The minimum Gasteiger partial charge on any atom is -0.396 e. The first kappa shape index (κ1) is 21.2. The first-order chi connectivity index (χ1) is 12.5. The molecule has 0 spiro atoms. The first-order valence-electron chi connectivity index (χ1n) is 8.43. The van der Waals surface area contributed by atoms with Gasteiger partial charge in [0.25, 0.3) is 5.91 Å². The summed E-state index contributed by atoms with van der Waals surface area (Å²) in [5.74, 6) is -0.101. The minimum absolute atomic E-state index is 0.101. The van der Waals surface area contributed by atoms with Gasteiger partial charge in [-0.1, -0.05) is 36.9 Å². The monoisotopic (exact) mass is 357 g/mol. The standard InChI is InChI=1S/C16H18N2O.C4H9NO2/c1-12-9-15(16(19)17-3)13(2)18(10-12)11-14-7-5-4-6-8-14;6-3-1-2-5-4-7/h4-10H,2,11H2,1,3H3,(H,17,19);4,6H,1-3H2,(H,5,7). The van der Waals surface area contributed by atoms with Crippen molar-refractivity contribution in [1.29, 1.82) is 0 Å². The topological polar surface area (TPSA) is 81.7 Å². The van der Waals surface area contributed by atoms with Gasteiger partial charge in [0.1, 0.15) is 0 Å². The average Bonchev–Trinajstić information content (AvgIpc) is 2.65. The molecule has 1 aromatic carbocycles. The van der Waals surface area contributed by atoms with Gasteiger partial charge in [0.15, 0.2) is 0 Å². The van der Waals surface area contributed by atoms with Crippen molar-refractivity contribution in [3.63, 3.8) is 0 Å². The van der Waals surface area contributed by atoms with Crippen LogP contribution in [0.1, 0.15) is 18.9 Å². The predicted octanol–water partition coefficient (Wildman–Crippen LogP) is 1.71. The van der Waals surface area contributed by atoms with Crippen LogP contribution in [0.3, 0.4) is 0 Å². The molecule has 0 fully saturated rings. The quantitative estimate of drug-likeness (QED) is 0.513. The number of hydrogen-bond acceptors (Lipinski definition) is 4. The number of benzene rings is 1. The van der Waals surface area contributed by atoms with E-state index < -0.39 is 0 Å². The second kappa shape index (κ2) is 11.7. The Morgan fingerprint density at radius 3 is 2.58 bits per heavy atom. The molecular formula is C20H27N3O3. The molecule has 1 aliphatic rings. The van der Waals surface area contributed by atoms with Gasteiger partial charge in [-0.05, 0) is 30.6 Å². The van der Waals surface area contributed by atoms with Gasteiger partial charge < -0.3 is 20.6 Å². The normalized spacial score (nSPS) is 13.0. The number of aliphatic hydroxyl groups excluding tert-OH is 1. The van der Waals surface area contributed by atoms with Crippen molar-refractivity contribution in [2.45, 2.75) is 19.9 Å². The van der Waals surface area contributed by atoms with Crippen LogP contribution >= 0.6 is 0 Å². The fourth-order valence-electron chi connectivity index (χ4n) is 2.32. The van der Waals surface area contributed by atoms with E-state index >= 15 is 0 Å². The van der Waals surface area contributed by atoms with E-state index in [9.17, 15) is 9.59 Å². The van der Waals surface area contributed by atoms with E-state index in [0.29, 0.717) is 31.5 Å². The molecule has 0 bridgehead atoms. The fraction of sp³-hybridized carbons (Fsp3) is 0.300. The Morgan fingerprint density at radius 2 is 2.00 bits per heavy atom. The van der Waals surface area contributed by atoms with Crippen LogP contribution in [0.15, 0.2) is 66.0 Å². The third kappa shape index (κ3) is 6.94. The summed E-state index contributed by atoms with van der Waals surface area (Å²) in [6.07, 6.45) is 5.14. The molecule has 1 aliphatic heterocycles. The lowest BCUT2D eigenvalue weighted by molar-refractivity contribution is -0.117. The second-order valence-electron chi connectivity index (χ2n) is 5.72. The zero-order valence-corrected chi connectivity index (χ0v) is 15.4. The maximum Gasteiger partial charge on any atom is 0.253 e. The zero-order chi connectivity index (χ0) is 19.4. The predicted molar refractivity (Wildman–Crippen MR) is 103 cm³/mol. The molecule has 140 valence electrons. The van der Waals surface area contributed by atoms with Gasteiger partial charge in [0, 0.05) is 38.6 Å². The SMILES string of the molecule is C=C1C(C(=O)NC)=CC(C)=CN1Cc1ccccc1.O=CNCCCO. The van der Waals surface area contributed by atoms with Crippen LogP contribution < -0.4 is 10.6 Å². The Kier molecular flexibility index (Phi) is 9.49. The lowest BCUT2D eigenvalue weighted by atomic mass is 10.0. The molecule has 2 amide bonds. The van der Waals surface area contributed by atoms with E-state index in [1.54, 1.807) is 7.05 Å². The third-order valence-electron chi connectivity index (χ3n) is 3.62. The highest BCUT2D eigenvalue weighted by molar-refractivity contribution is 5.98. The van der Waals surface area contributed by atoms with Crippen LogP contribution in [0, 0.1) is 0 Å².